The number of unbranched alkanes of at least 4 members (excludes halogenated alkanes) is 1. The maximum atomic E-state index is 5.49. The van der Waals surface area contributed by atoms with E-state index in [0.29, 0.717) is 0 Å². The molecule has 0 N–H and O–H groups in total. The van der Waals surface area contributed by atoms with Crippen LogP contribution in [0.25, 0.3) is 0 Å². The van der Waals surface area contributed by atoms with Crippen molar-refractivity contribution in [2.24, 2.45) is 0 Å². The minimum Gasteiger partial charge on any atom is -0.494 e. The monoisotopic (exact) mass is 240 g/mol. The van der Waals surface area contributed by atoms with Crippen LogP contribution in [0.3, 0.4) is 0 Å². The summed E-state index contributed by atoms with van der Waals surface area (Å²) in [7, 11) is 0. The number of ether oxygens (including phenoxy) is 1. The zero-order valence-corrected chi connectivity index (χ0v) is 9.09. The van der Waals surface area contributed by atoms with Gasteiger partial charge in [-0.1, -0.05) is 22.0 Å². The van der Waals surface area contributed by atoms with Crippen molar-refractivity contribution in [1.82, 2.24) is 0 Å². The van der Waals surface area contributed by atoms with Gasteiger partial charge in [0, 0.05) is 4.47 Å². The predicted octanol–water partition coefficient (Wildman–Crippen LogP) is 3.79. The topological polar surface area (TPSA) is 9.23 Å². The number of rotatable bonds is 5. The highest BCUT2D eigenvalue weighted by Gasteiger charge is 1.92. The molecule has 1 rings (SSSR count). The van der Waals surface area contributed by atoms with Crippen molar-refractivity contribution in [3.63, 3.8) is 0 Å². The highest BCUT2D eigenvalue weighted by molar-refractivity contribution is 9.10. The van der Waals surface area contributed by atoms with E-state index in [1.807, 2.05) is 30.3 Å². The lowest BCUT2D eigenvalue weighted by molar-refractivity contribution is 0.312. The van der Waals surface area contributed by atoms with Crippen LogP contribution in [0.4, 0.5) is 0 Å². The Bertz CT molecular complexity index is 253. The molecule has 0 radical (unpaired) electrons. The summed E-state index contributed by atoms with van der Waals surface area (Å²) in [6.45, 7) is 4.41. The number of hydrogen-bond donors (Lipinski definition) is 0. The highest BCUT2D eigenvalue weighted by atomic mass is 79.9. The molecule has 0 atom stereocenters. The molecule has 13 heavy (non-hydrogen) atoms. The fourth-order valence-electron chi connectivity index (χ4n) is 0.949. The van der Waals surface area contributed by atoms with Crippen LogP contribution < -0.4 is 4.74 Å². The van der Waals surface area contributed by atoms with Crippen LogP contribution in [0, 0.1) is 0 Å². The van der Waals surface area contributed by atoms with Gasteiger partial charge in [-0.3, -0.25) is 0 Å². The summed E-state index contributed by atoms with van der Waals surface area (Å²) in [5.41, 5.74) is 0. The van der Waals surface area contributed by atoms with E-state index in [1.165, 1.54) is 0 Å². The Morgan fingerprint density at radius 3 is 2.62 bits per heavy atom. The summed E-state index contributed by atoms with van der Waals surface area (Å²) in [6.07, 6.45) is 3.95. The van der Waals surface area contributed by atoms with Gasteiger partial charge in [-0.15, -0.1) is 6.58 Å². The molecule has 0 aliphatic rings. The molecule has 0 saturated heterocycles. The SMILES string of the molecule is C=CCCCOc1ccc(Br)cc1. The van der Waals surface area contributed by atoms with Crippen molar-refractivity contribution in [3.05, 3.63) is 41.4 Å². The molecule has 0 heterocycles. The van der Waals surface area contributed by atoms with Crippen molar-refractivity contribution in [3.8, 4) is 5.75 Å². The van der Waals surface area contributed by atoms with Gasteiger partial charge in [0.2, 0.25) is 0 Å². The smallest absolute Gasteiger partial charge is 0.119 e. The lowest BCUT2D eigenvalue weighted by Crippen LogP contribution is -1.95. The second-order valence-corrected chi connectivity index (χ2v) is 3.65. The van der Waals surface area contributed by atoms with E-state index in [2.05, 4.69) is 22.5 Å². The fraction of sp³-hybridized carbons (Fsp3) is 0.273. The van der Waals surface area contributed by atoms with Gasteiger partial charge in [-0.2, -0.15) is 0 Å². The molecule has 0 unspecified atom stereocenters. The standard InChI is InChI=1S/C11H13BrO/c1-2-3-4-9-13-11-7-5-10(12)6-8-11/h2,5-8H,1,3-4,9H2. The highest BCUT2D eigenvalue weighted by Crippen LogP contribution is 2.16. The Kier molecular flexibility index (Phi) is 4.61. The molecule has 1 aromatic rings. The first kappa shape index (κ1) is 10.3. The minimum atomic E-state index is 0.758. The molecule has 0 aliphatic heterocycles. The van der Waals surface area contributed by atoms with Gasteiger partial charge in [0.25, 0.3) is 0 Å². The quantitative estimate of drug-likeness (QED) is 0.562. The average Bonchev–Trinajstić information content (AvgIpc) is 2.15. The van der Waals surface area contributed by atoms with E-state index in [0.717, 1.165) is 29.7 Å². The Morgan fingerprint density at radius 2 is 2.00 bits per heavy atom. The third-order valence-electron chi connectivity index (χ3n) is 1.63. The third kappa shape index (κ3) is 4.13. The lowest BCUT2D eigenvalue weighted by Gasteiger charge is -2.04. The summed E-state index contributed by atoms with van der Waals surface area (Å²) in [4.78, 5) is 0. The molecule has 0 fully saturated rings. The molecule has 0 amide bonds. The van der Waals surface area contributed by atoms with Crippen LogP contribution in [0.2, 0.25) is 0 Å². The van der Waals surface area contributed by atoms with Crippen LogP contribution in [0.1, 0.15) is 12.8 Å². The van der Waals surface area contributed by atoms with Gasteiger partial charge in [0.1, 0.15) is 5.75 Å². The second kappa shape index (κ2) is 5.81. The van der Waals surface area contributed by atoms with Crippen LogP contribution in [0.15, 0.2) is 41.4 Å². The van der Waals surface area contributed by atoms with Crippen molar-refractivity contribution in [2.75, 3.05) is 6.61 Å². The Labute approximate surface area is 87.5 Å². The first-order valence-corrected chi connectivity index (χ1v) is 5.11. The third-order valence-corrected chi connectivity index (χ3v) is 2.16. The van der Waals surface area contributed by atoms with Gasteiger partial charge in [-0.25, -0.2) is 0 Å². The van der Waals surface area contributed by atoms with Gasteiger partial charge in [-0.05, 0) is 37.1 Å². The normalized spacial score (nSPS) is 9.62. The molecule has 70 valence electrons. The molecule has 1 aromatic carbocycles. The number of halogens is 1. The molecule has 0 bridgehead atoms. The van der Waals surface area contributed by atoms with E-state index < -0.39 is 0 Å². The van der Waals surface area contributed by atoms with E-state index in [-0.39, 0.29) is 0 Å². The summed E-state index contributed by atoms with van der Waals surface area (Å²) < 4.78 is 6.57. The van der Waals surface area contributed by atoms with E-state index in [4.69, 9.17) is 4.74 Å². The molecular formula is C11H13BrO. The van der Waals surface area contributed by atoms with Crippen molar-refractivity contribution < 1.29 is 4.74 Å². The van der Waals surface area contributed by atoms with Gasteiger partial charge in [0.15, 0.2) is 0 Å². The molecule has 0 aromatic heterocycles. The minimum absolute atomic E-state index is 0.758. The number of benzene rings is 1. The summed E-state index contributed by atoms with van der Waals surface area (Å²) in [6, 6.07) is 7.86. The molecule has 0 aliphatic carbocycles. The van der Waals surface area contributed by atoms with Gasteiger partial charge >= 0.3 is 0 Å². The molecule has 1 nitrogen and oxygen atoms in total. The van der Waals surface area contributed by atoms with Crippen molar-refractivity contribution >= 4 is 15.9 Å². The first-order chi connectivity index (χ1) is 6.33. The van der Waals surface area contributed by atoms with Crippen LogP contribution in [-0.4, -0.2) is 6.61 Å². The summed E-state index contributed by atoms with van der Waals surface area (Å²) in [5, 5.41) is 0. The number of allylic oxidation sites excluding steroid dienone is 1. The fourth-order valence-corrected chi connectivity index (χ4v) is 1.21. The van der Waals surface area contributed by atoms with Crippen LogP contribution >= 0.6 is 15.9 Å². The zero-order chi connectivity index (χ0) is 9.52. The zero-order valence-electron chi connectivity index (χ0n) is 7.50. The first-order valence-electron chi connectivity index (χ1n) is 4.32. The van der Waals surface area contributed by atoms with Crippen molar-refractivity contribution in [2.45, 2.75) is 12.8 Å². The van der Waals surface area contributed by atoms with Crippen molar-refractivity contribution in [1.29, 1.82) is 0 Å². The summed E-state index contributed by atoms with van der Waals surface area (Å²) >= 11 is 3.37. The second-order valence-electron chi connectivity index (χ2n) is 2.73. The largest absolute Gasteiger partial charge is 0.494 e. The molecular weight excluding hydrogens is 228 g/mol. The lowest BCUT2D eigenvalue weighted by atomic mass is 10.3. The van der Waals surface area contributed by atoms with Crippen LogP contribution in [0.5, 0.6) is 5.75 Å². The van der Waals surface area contributed by atoms with Gasteiger partial charge in [0.05, 0.1) is 6.61 Å². The van der Waals surface area contributed by atoms with Gasteiger partial charge < -0.3 is 4.74 Å². The Balaban J connectivity index is 2.28. The Morgan fingerprint density at radius 1 is 1.31 bits per heavy atom. The molecule has 0 spiro atoms. The van der Waals surface area contributed by atoms with E-state index >= 15 is 0 Å². The molecule has 2 heteroatoms. The maximum Gasteiger partial charge on any atom is 0.119 e. The summed E-state index contributed by atoms with van der Waals surface area (Å²) in [5.74, 6) is 0.923. The maximum absolute atomic E-state index is 5.49. The molecule has 0 saturated carbocycles. The van der Waals surface area contributed by atoms with E-state index in [9.17, 15) is 0 Å². The Hall–Kier alpha value is -0.760. The average molecular weight is 241 g/mol. The van der Waals surface area contributed by atoms with E-state index in [1.54, 1.807) is 0 Å². The predicted molar refractivity (Wildman–Crippen MR) is 59.1 cm³/mol. The van der Waals surface area contributed by atoms with Crippen LogP contribution in [-0.2, 0) is 0 Å². The number of hydrogen-bond acceptors (Lipinski definition) is 1.